The SMILES string of the molecule is CC.CC(C)c1cc(Cl)ccc1OCCN1CCCC1. The first-order valence-electron chi connectivity index (χ1n) is 7.81. The van der Waals surface area contributed by atoms with Gasteiger partial charge in [-0.1, -0.05) is 39.3 Å². The molecule has 0 spiro atoms. The van der Waals surface area contributed by atoms with Gasteiger partial charge >= 0.3 is 0 Å². The lowest BCUT2D eigenvalue weighted by Crippen LogP contribution is -2.25. The van der Waals surface area contributed by atoms with Gasteiger partial charge < -0.3 is 4.74 Å². The van der Waals surface area contributed by atoms with Crippen LogP contribution in [0.5, 0.6) is 5.75 Å². The van der Waals surface area contributed by atoms with Gasteiger partial charge in [0.2, 0.25) is 0 Å². The monoisotopic (exact) mass is 297 g/mol. The standard InChI is InChI=1S/C15H22ClNO.C2H6/c1-12(2)14-11-13(16)5-6-15(14)18-10-9-17-7-3-4-8-17;1-2/h5-6,11-12H,3-4,7-10H2,1-2H3;1-2H3. The van der Waals surface area contributed by atoms with Gasteiger partial charge in [-0.05, 0) is 55.6 Å². The van der Waals surface area contributed by atoms with Crippen molar-refractivity contribution in [2.75, 3.05) is 26.2 Å². The third-order valence-electron chi connectivity index (χ3n) is 3.46. The van der Waals surface area contributed by atoms with Crippen LogP contribution < -0.4 is 4.74 Å². The summed E-state index contributed by atoms with van der Waals surface area (Å²) in [5, 5.41) is 0.783. The van der Waals surface area contributed by atoms with E-state index in [1.54, 1.807) is 0 Å². The molecule has 0 saturated carbocycles. The Balaban J connectivity index is 0.000000956. The minimum atomic E-state index is 0.436. The van der Waals surface area contributed by atoms with E-state index in [9.17, 15) is 0 Å². The Kier molecular flexibility index (Phi) is 8.01. The number of rotatable bonds is 5. The topological polar surface area (TPSA) is 12.5 Å². The normalized spacial score (nSPS) is 15.1. The average Bonchev–Trinajstić information content (AvgIpc) is 2.95. The largest absolute Gasteiger partial charge is 0.492 e. The molecular weight excluding hydrogens is 270 g/mol. The second kappa shape index (κ2) is 9.25. The van der Waals surface area contributed by atoms with E-state index in [1.807, 2.05) is 32.0 Å². The van der Waals surface area contributed by atoms with E-state index in [-0.39, 0.29) is 0 Å². The number of halogens is 1. The molecule has 1 saturated heterocycles. The molecule has 0 amide bonds. The first kappa shape index (κ1) is 17.3. The molecule has 114 valence electrons. The Labute approximate surface area is 129 Å². The summed E-state index contributed by atoms with van der Waals surface area (Å²) in [6, 6.07) is 5.90. The van der Waals surface area contributed by atoms with Crippen LogP contribution in [0.25, 0.3) is 0 Å². The molecule has 0 aromatic heterocycles. The van der Waals surface area contributed by atoms with Gasteiger partial charge in [0.25, 0.3) is 0 Å². The van der Waals surface area contributed by atoms with Crippen molar-refractivity contribution in [2.24, 2.45) is 0 Å². The molecule has 1 heterocycles. The number of nitrogens with zero attached hydrogens (tertiary/aromatic N) is 1. The van der Waals surface area contributed by atoms with Crippen molar-refractivity contribution in [1.29, 1.82) is 0 Å². The minimum absolute atomic E-state index is 0.436. The van der Waals surface area contributed by atoms with E-state index in [4.69, 9.17) is 16.3 Å². The Morgan fingerprint density at radius 3 is 2.45 bits per heavy atom. The first-order valence-corrected chi connectivity index (χ1v) is 8.19. The fourth-order valence-corrected chi connectivity index (χ4v) is 2.57. The van der Waals surface area contributed by atoms with E-state index in [2.05, 4.69) is 18.7 Å². The van der Waals surface area contributed by atoms with E-state index in [0.29, 0.717) is 5.92 Å². The zero-order valence-electron chi connectivity index (χ0n) is 13.3. The summed E-state index contributed by atoms with van der Waals surface area (Å²) < 4.78 is 5.92. The van der Waals surface area contributed by atoms with Gasteiger partial charge in [-0.2, -0.15) is 0 Å². The maximum absolute atomic E-state index is 6.03. The second-order valence-electron chi connectivity index (χ2n) is 5.23. The lowest BCUT2D eigenvalue weighted by atomic mass is 10.0. The molecule has 0 atom stereocenters. The molecule has 1 aliphatic heterocycles. The number of hydrogen-bond donors (Lipinski definition) is 0. The molecule has 0 N–H and O–H groups in total. The lowest BCUT2D eigenvalue weighted by molar-refractivity contribution is 0.236. The van der Waals surface area contributed by atoms with Gasteiger partial charge in [-0.15, -0.1) is 0 Å². The predicted octanol–water partition coefficient (Wildman–Crippen LogP) is 4.96. The number of ether oxygens (including phenoxy) is 1. The highest BCUT2D eigenvalue weighted by Crippen LogP contribution is 2.29. The van der Waals surface area contributed by atoms with Crippen molar-refractivity contribution in [3.8, 4) is 5.75 Å². The molecule has 0 bridgehead atoms. The summed E-state index contributed by atoms with van der Waals surface area (Å²) in [5.41, 5.74) is 1.20. The van der Waals surface area contributed by atoms with E-state index in [1.165, 1.54) is 31.5 Å². The molecule has 0 unspecified atom stereocenters. The highest BCUT2D eigenvalue weighted by molar-refractivity contribution is 6.30. The fourth-order valence-electron chi connectivity index (χ4n) is 2.39. The van der Waals surface area contributed by atoms with Crippen LogP contribution in [0, 0.1) is 0 Å². The average molecular weight is 298 g/mol. The fraction of sp³-hybridized carbons (Fsp3) is 0.647. The third-order valence-corrected chi connectivity index (χ3v) is 3.69. The molecular formula is C17H28ClNO. The van der Waals surface area contributed by atoms with Crippen LogP contribution in [0.1, 0.15) is 52.0 Å². The highest BCUT2D eigenvalue weighted by atomic mass is 35.5. The third kappa shape index (κ3) is 5.34. The molecule has 0 radical (unpaired) electrons. The molecule has 1 aromatic rings. The van der Waals surface area contributed by atoms with Crippen LogP contribution in [0.15, 0.2) is 18.2 Å². The van der Waals surface area contributed by atoms with Gasteiger partial charge in [0.15, 0.2) is 0 Å². The Morgan fingerprint density at radius 2 is 1.85 bits per heavy atom. The Morgan fingerprint density at radius 1 is 1.20 bits per heavy atom. The van der Waals surface area contributed by atoms with Crippen molar-refractivity contribution < 1.29 is 4.74 Å². The lowest BCUT2D eigenvalue weighted by Gasteiger charge is -2.18. The molecule has 3 heteroatoms. The van der Waals surface area contributed by atoms with E-state index in [0.717, 1.165) is 23.9 Å². The Hall–Kier alpha value is -0.730. The zero-order valence-corrected chi connectivity index (χ0v) is 14.0. The quantitative estimate of drug-likeness (QED) is 0.761. The molecule has 1 aromatic carbocycles. The van der Waals surface area contributed by atoms with Crippen molar-refractivity contribution in [1.82, 2.24) is 4.90 Å². The highest BCUT2D eigenvalue weighted by Gasteiger charge is 2.12. The van der Waals surface area contributed by atoms with Gasteiger partial charge in [-0.3, -0.25) is 4.90 Å². The molecule has 20 heavy (non-hydrogen) atoms. The van der Waals surface area contributed by atoms with E-state index >= 15 is 0 Å². The first-order chi connectivity index (χ1) is 9.66. The van der Waals surface area contributed by atoms with Crippen LogP contribution in [0.2, 0.25) is 5.02 Å². The number of likely N-dealkylation sites (tertiary alicyclic amines) is 1. The van der Waals surface area contributed by atoms with Crippen LogP contribution in [-0.2, 0) is 0 Å². The minimum Gasteiger partial charge on any atom is -0.492 e. The van der Waals surface area contributed by atoms with Crippen molar-refractivity contribution in [3.63, 3.8) is 0 Å². The molecule has 1 aliphatic rings. The summed E-state index contributed by atoms with van der Waals surface area (Å²) in [5.74, 6) is 1.42. The van der Waals surface area contributed by atoms with E-state index < -0.39 is 0 Å². The van der Waals surface area contributed by atoms with Gasteiger partial charge in [0.1, 0.15) is 12.4 Å². The van der Waals surface area contributed by atoms with Gasteiger partial charge in [0, 0.05) is 11.6 Å². The summed E-state index contributed by atoms with van der Waals surface area (Å²) in [6.07, 6.45) is 2.66. The van der Waals surface area contributed by atoms with Crippen LogP contribution in [-0.4, -0.2) is 31.1 Å². The van der Waals surface area contributed by atoms with Crippen molar-refractivity contribution in [3.05, 3.63) is 28.8 Å². The second-order valence-corrected chi connectivity index (χ2v) is 5.67. The van der Waals surface area contributed by atoms with Crippen LogP contribution >= 0.6 is 11.6 Å². The smallest absolute Gasteiger partial charge is 0.122 e. The predicted molar refractivity (Wildman–Crippen MR) is 88.1 cm³/mol. The van der Waals surface area contributed by atoms with Crippen molar-refractivity contribution >= 4 is 11.6 Å². The summed E-state index contributed by atoms with van der Waals surface area (Å²) in [7, 11) is 0. The van der Waals surface area contributed by atoms with Crippen molar-refractivity contribution in [2.45, 2.75) is 46.5 Å². The van der Waals surface area contributed by atoms with Crippen LogP contribution in [0.4, 0.5) is 0 Å². The summed E-state index contributed by atoms with van der Waals surface area (Å²) in [4.78, 5) is 2.46. The summed E-state index contributed by atoms with van der Waals surface area (Å²) in [6.45, 7) is 12.6. The number of hydrogen-bond acceptors (Lipinski definition) is 2. The van der Waals surface area contributed by atoms with Gasteiger partial charge in [-0.25, -0.2) is 0 Å². The maximum atomic E-state index is 6.03. The molecule has 2 rings (SSSR count). The summed E-state index contributed by atoms with van der Waals surface area (Å²) >= 11 is 6.03. The Bertz CT molecular complexity index is 387. The zero-order chi connectivity index (χ0) is 15.0. The van der Waals surface area contributed by atoms with Crippen LogP contribution in [0.3, 0.4) is 0 Å². The maximum Gasteiger partial charge on any atom is 0.122 e. The van der Waals surface area contributed by atoms with Gasteiger partial charge in [0.05, 0.1) is 0 Å². The molecule has 1 fully saturated rings. The molecule has 0 aliphatic carbocycles. The number of benzene rings is 1. The molecule has 2 nitrogen and oxygen atoms in total.